The van der Waals surface area contributed by atoms with Crippen LogP contribution >= 0.6 is 0 Å². The van der Waals surface area contributed by atoms with Gasteiger partial charge in [-0.3, -0.25) is 9.59 Å². The Hall–Kier alpha value is -2.22. The zero-order valence-electron chi connectivity index (χ0n) is 8.16. The molecule has 0 atom stereocenters. The van der Waals surface area contributed by atoms with Crippen molar-refractivity contribution >= 4 is 11.8 Å². The summed E-state index contributed by atoms with van der Waals surface area (Å²) in [5, 5.41) is 8.82. The van der Waals surface area contributed by atoms with Gasteiger partial charge in [0.2, 0.25) is 5.76 Å². The average molecular weight is 208 g/mol. The van der Waals surface area contributed by atoms with E-state index in [4.69, 9.17) is 14.6 Å². The largest absolute Gasteiger partial charge is 0.514 e. The molecule has 1 rings (SSSR count). The predicted molar refractivity (Wildman–Crippen MR) is 49.3 cm³/mol. The summed E-state index contributed by atoms with van der Waals surface area (Å²) in [5.74, 6) is 2.96. The molecule has 5 nitrogen and oxygen atoms in total. The maximum atomic E-state index is 11.2. The molecule has 15 heavy (non-hydrogen) atoms. The highest BCUT2D eigenvalue weighted by Crippen LogP contribution is 2.20. The molecule has 0 aromatic heterocycles. The summed E-state index contributed by atoms with van der Waals surface area (Å²) in [6.45, 7) is 1.17. The fourth-order valence-corrected chi connectivity index (χ4v) is 0.984. The number of ketones is 1. The second kappa shape index (κ2) is 4.33. The fourth-order valence-electron chi connectivity index (χ4n) is 0.984. The molecule has 0 aliphatic heterocycles. The first-order valence-corrected chi connectivity index (χ1v) is 3.98. The van der Waals surface area contributed by atoms with Gasteiger partial charge in [0.1, 0.15) is 5.57 Å². The molecule has 0 heterocycles. The minimum atomic E-state index is -0.629. The Morgan fingerprint density at radius 3 is 2.53 bits per heavy atom. The second-order valence-corrected chi connectivity index (χ2v) is 2.58. The van der Waals surface area contributed by atoms with Crippen LogP contribution in [0, 0.1) is 11.8 Å². The molecule has 0 amide bonds. The van der Waals surface area contributed by atoms with Crippen molar-refractivity contribution in [3.05, 3.63) is 23.4 Å². The van der Waals surface area contributed by atoms with Gasteiger partial charge in [-0.05, 0) is 5.92 Å². The van der Waals surface area contributed by atoms with Crippen LogP contribution in [0.3, 0.4) is 0 Å². The van der Waals surface area contributed by atoms with E-state index in [1.54, 1.807) is 0 Å². The molecule has 1 N–H and O–H groups in total. The molecule has 0 fully saturated rings. The zero-order valence-corrected chi connectivity index (χ0v) is 8.16. The summed E-state index contributed by atoms with van der Waals surface area (Å²) in [4.78, 5) is 22.0. The molecule has 1 aliphatic rings. The number of carbonyl (C=O) groups excluding carboxylic acids is 2. The van der Waals surface area contributed by atoms with Gasteiger partial charge >= 0.3 is 5.97 Å². The number of aliphatic hydroxyl groups is 1. The van der Waals surface area contributed by atoms with Crippen molar-refractivity contribution in [3.63, 3.8) is 0 Å². The summed E-state index contributed by atoms with van der Waals surface area (Å²) in [7, 11) is 1.25. The van der Waals surface area contributed by atoms with E-state index >= 15 is 0 Å². The highest BCUT2D eigenvalue weighted by Gasteiger charge is 2.24. The average Bonchev–Trinajstić information content (AvgIpc) is 2.18. The lowest BCUT2D eigenvalue weighted by Gasteiger charge is -2.12. The van der Waals surface area contributed by atoms with Gasteiger partial charge in [0, 0.05) is 6.92 Å². The maximum absolute atomic E-state index is 11.2. The van der Waals surface area contributed by atoms with E-state index in [-0.39, 0.29) is 17.1 Å². The zero-order chi connectivity index (χ0) is 11.4. The number of rotatable bonds is 2. The number of hydrogen-bond donors (Lipinski definition) is 1. The van der Waals surface area contributed by atoms with Gasteiger partial charge in [-0.2, -0.15) is 0 Å². The minimum absolute atomic E-state index is 0.0293. The van der Waals surface area contributed by atoms with Crippen LogP contribution in [0.15, 0.2) is 23.4 Å². The van der Waals surface area contributed by atoms with Crippen molar-refractivity contribution in [2.45, 2.75) is 6.92 Å². The number of carbonyl (C=O) groups is 2. The van der Waals surface area contributed by atoms with Crippen molar-refractivity contribution in [3.8, 4) is 11.8 Å². The first-order valence-electron chi connectivity index (χ1n) is 3.98. The van der Waals surface area contributed by atoms with Gasteiger partial charge in [-0.25, -0.2) is 0 Å². The molecule has 0 radical (unpaired) electrons. The Balaban J connectivity index is 3.22. The number of Topliss-reactive ketones (excluding diaryl/α,β-unsaturated/α-hetero) is 1. The smallest absolute Gasteiger partial charge is 0.308 e. The summed E-state index contributed by atoms with van der Waals surface area (Å²) < 4.78 is 9.48. The molecule has 0 saturated carbocycles. The number of aliphatic hydroxyl groups excluding tert-OH is 1. The van der Waals surface area contributed by atoms with Gasteiger partial charge in [-0.15, -0.1) is 0 Å². The lowest BCUT2D eigenvalue weighted by Crippen LogP contribution is -2.14. The van der Waals surface area contributed by atoms with Crippen LogP contribution in [0.25, 0.3) is 0 Å². The van der Waals surface area contributed by atoms with Gasteiger partial charge in [0.15, 0.2) is 5.76 Å². The maximum Gasteiger partial charge on any atom is 0.308 e. The topological polar surface area (TPSA) is 72.8 Å². The van der Waals surface area contributed by atoms with Crippen molar-refractivity contribution < 1.29 is 24.2 Å². The van der Waals surface area contributed by atoms with Crippen LogP contribution in [0.4, 0.5) is 0 Å². The van der Waals surface area contributed by atoms with Crippen molar-refractivity contribution in [1.82, 2.24) is 0 Å². The molecule has 0 saturated heterocycles. The first-order chi connectivity index (χ1) is 7.10. The Labute approximate surface area is 86.0 Å². The van der Waals surface area contributed by atoms with Crippen LogP contribution in [0.1, 0.15) is 6.92 Å². The minimum Gasteiger partial charge on any atom is -0.514 e. The Morgan fingerprint density at radius 1 is 1.40 bits per heavy atom. The van der Waals surface area contributed by atoms with E-state index < -0.39 is 11.8 Å². The monoisotopic (exact) mass is 208 g/mol. The number of allylic oxidation sites excluding steroid dienone is 2. The van der Waals surface area contributed by atoms with E-state index in [9.17, 15) is 9.59 Å². The van der Waals surface area contributed by atoms with Crippen LogP contribution < -0.4 is 0 Å². The lowest BCUT2D eigenvalue weighted by molar-refractivity contribution is -0.136. The summed E-state index contributed by atoms with van der Waals surface area (Å²) in [6.07, 6.45) is 0.650. The third-order valence-corrected chi connectivity index (χ3v) is 1.55. The van der Waals surface area contributed by atoms with Gasteiger partial charge < -0.3 is 14.6 Å². The standard InChI is InChI=1S/C10H8O5/c1-6(12)15-9-7(5-11)3-4-8(13)10(9)14-2/h5,11H,1-2H3/b7-5+. The molecule has 5 heteroatoms. The van der Waals surface area contributed by atoms with Crippen molar-refractivity contribution in [2.75, 3.05) is 7.11 Å². The SMILES string of the molecule is COC1=C(OC(C)=O)/C(=C/O)C#CC1=O. The molecular formula is C10H8O5. The van der Waals surface area contributed by atoms with Crippen LogP contribution in [-0.2, 0) is 19.1 Å². The van der Waals surface area contributed by atoms with Gasteiger partial charge in [0.05, 0.1) is 13.4 Å². The molecule has 0 bridgehead atoms. The Morgan fingerprint density at radius 2 is 2.07 bits per heavy atom. The number of ether oxygens (including phenoxy) is 2. The normalized spacial score (nSPS) is 17.2. The van der Waals surface area contributed by atoms with E-state index in [1.165, 1.54) is 14.0 Å². The summed E-state index contributed by atoms with van der Waals surface area (Å²) in [6, 6.07) is 0. The number of methoxy groups -OCH3 is 1. The molecule has 0 aromatic rings. The quantitative estimate of drug-likeness (QED) is 0.308. The van der Waals surface area contributed by atoms with Gasteiger partial charge in [0.25, 0.3) is 5.78 Å². The molecule has 0 unspecified atom stereocenters. The number of esters is 1. The van der Waals surface area contributed by atoms with Crippen molar-refractivity contribution in [2.24, 2.45) is 0 Å². The first kappa shape index (κ1) is 10.9. The van der Waals surface area contributed by atoms with Crippen LogP contribution in [0.5, 0.6) is 0 Å². The molecule has 0 aromatic carbocycles. The summed E-state index contributed by atoms with van der Waals surface area (Å²) >= 11 is 0. The highest BCUT2D eigenvalue weighted by atomic mass is 16.6. The molecule has 1 aliphatic carbocycles. The fraction of sp³-hybridized carbons (Fsp3) is 0.200. The molecule has 78 valence electrons. The van der Waals surface area contributed by atoms with Crippen LogP contribution in [-0.4, -0.2) is 24.0 Å². The molecular weight excluding hydrogens is 200 g/mol. The van der Waals surface area contributed by atoms with E-state index in [1.807, 2.05) is 0 Å². The number of hydrogen-bond acceptors (Lipinski definition) is 5. The van der Waals surface area contributed by atoms with E-state index in [2.05, 4.69) is 11.8 Å². The lowest BCUT2D eigenvalue weighted by atomic mass is 10.1. The highest BCUT2D eigenvalue weighted by molar-refractivity contribution is 6.10. The Bertz CT molecular complexity index is 430. The Kier molecular flexibility index (Phi) is 3.13. The predicted octanol–water partition coefficient (Wildman–Crippen LogP) is 0.435. The summed E-state index contributed by atoms with van der Waals surface area (Å²) in [5.41, 5.74) is 0.0293. The second-order valence-electron chi connectivity index (χ2n) is 2.58. The third-order valence-electron chi connectivity index (χ3n) is 1.55. The van der Waals surface area contributed by atoms with Crippen molar-refractivity contribution in [1.29, 1.82) is 0 Å². The third kappa shape index (κ3) is 2.17. The van der Waals surface area contributed by atoms with E-state index in [0.29, 0.717) is 6.26 Å². The van der Waals surface area contributed by atoms with Crippen LogP contribution in [0.2, 0.25) is 0 Å². The van der Waals surface area contributed by atoms with Gasteiger partial charge in [-0.1, -0.05) is 5.92 Å². The van der Waals surface area contributed by atoms with E-state index in [0.717, 1.165) is 0 Å². The molecule has 0 spiro atoms.